The number of amidine groups is 1. The van der Waals surface area contributed by atoms with Crippen molar-refractivity contribution in [2.45, 2.75) is 90.5 Å². The van der Waals surface area contributed by atoms with Crippen LogP contribution in [0.25, 0.3) is 0 Å². The minimum absolute atomic E-state index is 0.201. The highest BCUT2D eigenvalue weighted by Crippen LogP contribution is 2.49. The SMILES string of the molecule is CC.CC.CCc1sc(Cl)cc1S(O)(O)NC.CN=C1CC2=CC=CC=CC2NC(=NCC2CCCCC2)N1. The van der Waals surface area contributed by atoms with Crippen LogP contribution in [0, 0.1) is 5.92 Å². The molecule has 1 saturated heterocycles. The Labute approximate surface area is 247 Å². The lowest BCUT2D eigenvalue weighted by Gasteiger charge is -2.31. The van der Waals surface area contributed by atoms with Crippen molar-refractivity contribution < 1.29 is 9.11 Å². The molecule has 1 atom stereocenters. The average Bonchev–Trinajstić information content (AvgIpc) is 3.13. The number of nitrogens with one attached hydrogen (secondary N) is 3. The summed E-state index contributed by atoms with van der Waals surface area (Å²) in [5.74, 6) is 2.59. The van der Waals surface area contributed by atoms with Crippen molar-refractivity contribution in [3.63, 3.8) is 0 Å². The summed E-state index contributed by atoms with van der Waals surface area (Å²) in [7, 11) is 0.508. The van der Waals surface area contributed by atoms with Gasteiger partial charge >= 0.3 is 0 Å². The Morgan fingerprint density at radius 1 is 1.10 bits per heavy atom. The molecule has 1 aliphatic heterocycles. The molecule has 0 aromatic carbocycles. The van der Waals surface area contributed by atoms with Crippen LogP contribution in [0.15, 0.2) is 56.9 Å². The summed E-state index contributed by atoms with van der Waals surface area (Å²) < 4.78 is 22.3. The highest BCUT2D eigenvalue weighted by atomic mass is 35.5. The number of fused-ring (bicyclic) bond motifs is 1. The topological polar surface area (TPSA) is 101 Å². The van der Waals surface area contributed by atoms with Gasteiger partial charge in [-0.15, -0.1) is 22.1 Å². The number of guanidine groups is 1. The van der Waals surface area contributed by atoms with E-state index in [0.29, 0.717) is 9.23 Å². The van der Waals surface area contributed by atoms with E-state index >= 15 is 0 Å². The van der Waals surface area contributed by atoms with Gasteiger partial charge in [0, 0.05) is 31.9 Å². The number of aliphatic imine (C=N–C) groups is 2. The van der Waals surface area contributed by atoms with Crippen molar-refractivity contribution in [3.8, 4) is 0 Å². The Bertz CT molecular complexity index is 996. The highest BCUT2D eigenvalue weighted by Gasteiger charge is 2.22. The first-order chi connectivity index (χ1) is 18.9. The summed E-state index contributed by atoms with van der Waals surface area (Å²) in [6.07, 6.45) is 19.0. The van der Waals surface area contributed by atoms with Crippen LogP contribution in [0.4, 0.5) is 0 Å². The summed E-state index contributed by atoms with van der Waals surface area (Å²) in [5, 5.41) is 6.90. The monoisotopic (exact) mass is 599 g/mol. The minimum Gasteiger partial charge on any atom is -0.346 e. The molecule has 222 valence electrons. The lowest BCUT2D eigenvalue weighted by molar-refractivity contribution is 0.366. The van der Waals surface area contributed by atoms with Gasteiger partial charge in [0.2, 0.25) is 0 Å². The normalized spacial score (nSPS) is 21.3. The molecule has 4 rings (SSSR count). The second-order valence-corrected chi connectivity index (χ2v) is 12.5. The molecule has 10 heteroatoms. The standard InChI is InChI=1S/C18H26N4.C7H12ClNO2S2.2C2H6/c1-19-17-12-15-10-6-3-7-11-16(15)21-18(22-17)20-13-14-8-4-2-5-9-14;1-3-5-6(4-7(8)12-5)13(10,11)9-2;2*1-2/h3,6-7,10-11,14,16H,2,4-5,8-9,12-13H2,1H3,(H2,19,20,21,22);4,9-11H,3H2,1-2H3;2*1-2H3. The van der Waals surface area contributed by atoms with Gasteiger partial charge in [-0.1, -0.05) is 95.9 Å². The number of aryl methyl sites for hydroxylation is 1. The van der Waals surface area contributed by atoms with Gasteiger partial charge in [0.1, 0.15) is 5.84 Å². The minimum atomic E-state index is -2.84. The zero-order chi connectivity index (χ0) is 29.3. The van der Waals surface area contributed by atoms with Gasteiger partial charge in [-0.3, -0.25) is 19.1 Å². The second-order valence-electron chi connectivity index (χ2n) is 8.74. The van der Waals surface area contributed by atoms with E-state index in [0.717, 1.165) is 42.0 Å². The summed E-state index contributed by atoms with van der Waals surface area (Å²) >= 11 is 7.17. The molecular weight excluding hydrogens is 550 g/mol. The van der Waals surface area contributed by atoms with E-state index in [1.165, 1.54) is 56.1 Å². The van der Waals surface area contributed by atoms with Gasteiger partial charge in [-0.25, -0.2) is 4.72 Å². The first kappa shape index (κ1) is 35.4. The molecule has 5 N–H and O–H groups in total. The predicted molar refractivity (Wildman–Crippen MR) is 175 cm³/mol. The predicted octanol–water partition coefficient (Wildman–Crippen LogP) is 8.22. The second kappa shape index (κ2) is 19.5. The van der Waals surface area contributed by atoms with Crippen molar-refractivity contribution in [2.75, 3.05) is 20.6 Å². The van der Waals surface area contributed by atoms with E-state index in [2.05, 4.69) is 50.7 Å². The number of rotatable bonds is 5. The lowest BCUT2D eigenvalue weighted by Crippen LogP contribution is -2.42. The van der Waals surface area contributed by atoms with Gasteiger partial charge < -0.3 is 10.6 Å². The van der Waals surface area contributed by atoms with Crippen LogP contribution < -0.4 is 15.4 Å². The fraction of sp³-hybridized carbons (Fsp3) is 0.586. The third-order valence-electron chi connectivity index (χ3n) is 6.32. The molecule has 7 nitrogen and oxygen atoms in total. The number of allylic oxidation sites excluding steroid dienone is 4. The molecule has 2 heterocycles. The maximum Gasteiger partial charge on any atom is 0.197 e. The van der Waals surface area contributed by atoms with Crippen molar-refractivity contribution in [1.82, 2.24) is 15.4 Å². The molecule has 2 fully saturated rings. The van der Waals surface area contributed by atoms with E-state index in [-0.39, 0.29) is 6.04 Å². The molecule has 1 unspecified atom stereocenters. The van der Waals surface area contributed by atoms with Gasteiger partial charge in [-0.2, -0.15) is 0 Å². The van der Waals surface area contributed by atoms with Crippen molar-refractivity contribution >= 4 is 45.5 Å². The van der Waals surface area contributed by atoms with E-state index in [9.17, 15) is 9.11 Å². The molecule has 0 radical (unpaired) electrons. The largest absolute Gasteiger partial charge is 0.346 e. The fourth-order valence-electron chi connectivity index (χ4n) is 4.30. The van der Waals surface area contributed by atoms with Crippen molar-refractivity contribution in [3.05, 3.63) is 51.2 Å². The molecule has 0 spiro atoms. The molecule has 3 aliphatic rings. The van der Waals surface area contributed by atoms with Gasteiger partial charge in [0.15, 0.2) is 5.96 Å². The summed E-state index contributed by atoms with van der Waals surface area (Å²) in [6.45, 7) is 10.9. The quantitative estimate of drug-likeness (QED) is 0.235. The average molecular weight is 600 g/mol. The van der Waals surface area contributed by atoms with E-state index in [4.69, 9.17) is 16.6 Å². The van der Waals surface area contributed by atoms with Crippen molar-refractivity contribution in [1.29, 1.82) is 0 Å². The summed E-state index contributed by atoms with van der Waals surface area (Å²) in [6, 6.07) is 1.81. The molecular formula is C29H50ClN5O2S2. The van der Waals surface area contributed by atoms with Crippen LogP contribution in [-0.2, 0) is 6.42 Å². The number of halogens is 1. The first-order valence-corrected chi connectivity index (χ1v) is 16.9. The van der Waals surface area contributed by atoms with E-state index in [1.807, 2.05) is 41.7 Å². The van der Waals surface area contributed by atoms with Crippen LogP contribution in [0.5, 0.6) is 0 Å². The number of thiophene rings is 1. The summed E-state index contributed by atoms with van der Waals surface area (Å²) in [5.41, 5.74) is 1.32. The Morgan fingerprint density at radius 2 is 1.79 bits per heavy atom. The first-order valence-electron chi connectivity index (χ1n) is 14.2. The van der Waals surface area contributed by atoms with Crippen LogP contribution in [0.2, 0.25) is 4.34 Å². The van der Waals surface area contributed by atoms with E-state index < -0.39 is 10.8 Å². The Hall–Kier alpha value is -1.62. The zero-order valence-electron chi connectivity index (χ0n) is 24.8. The van der Waals surface area contributed by atoms with Crippen molar-refractivity contribution in [2.24, 2.45) is 15.9 Å². The van der Waals surface area contributed by atoms with Crippen LogP contribution in [0.3, 0.4) is 0 Å². The molecule has 0 bridgehead atoms. The number of hydrogen-bond donors (Lipinski definition) is 5. The third-order valence-corrected chi connectivity index (χ3v) is 9.40. The number of nitrogens with zero attached hydrogens (tertiary/aromatic N) is 2. The molecule has 1 saturated carbocycles. The maximum absolute atomic E-state index is 9.60. The Balaban J connectivity index is 0.000000383. The Morgan fingerprint density at radius 3 is 2.41 bits per heavy atom. The lowest BCUT2D eigenvalue weighted by atomic mass is 9.89. The molecule has 1 aromatic rings. The third kappa shape index (κ3) is 11.8. The molecule has 39 heavy (non-hydrogen) atoms. The Kier molecular flexibility index (Phi) is 17.7. The van der Waals surface area contributed by atoms with Gasteiger partial charge in [0.25, 0.3) is 0 Å². The summed E-state index contributed by atoms with van der Waals surface area (Å²) in [4.78, 5) is 10.6. The fourth-order valence-corrected chi connectivity index (χ4v) is 6.98. The smallest absolute Gasteiger partial charge is 0.197 e. The number of hydrogen-bond acceptors (Lipinski definition) is 6. The highest BCUT2D eigenvalue weighted by molar-refractivity contribution is 8.22. The van der Waals surface area contributed by atoms with Crippen LogP contribution >= 0.6 is 33.7 Å². The van der Waals surface area contributed by atoms with Crippen LogP contribution in [-0.4, -0.2) is 47.6 Å². The van der Waals surface area contributed by atoms with E-state index in [1.54, 1.807) is 6.07 Å². The van der Waals surface area contributed by atoms with Crippen LogP contribution in [0.1, 0.15) is 78.0 Å². The van der Waals surface area contributed by atoms with Gasteiger partial charge in [0.05, 0.1) is 15.3 Å². The molecule has 2 aliphatic carbocycles. The molecule has 0 amide bonds. The molecule has 1 aromatic heterocycles. The zero-order valence-corrected chi connectivity index (χ0v) is 27.1. The van der Waals surface area contributed by atoms with Gasteiger partial charge in [-0.05, 0) is 36.8 Å². The maximum atomic E-state index is 9.60.